The summed E-state index contributed by atoms with van der Waals surface area (Å²) in [5.41, 5.74) is 0.946. The molecule has 0 atom stereocenters. The van der Waals surface area contributed by atoms with Crippen LogP contribution in [0.2, 0.25) is 0 Å². The van der Waals surface area contributed by atoms with Crippen LogP contribution in [0.4, 0.5) is 0 Å². The molecule has 0 aliphatic carbocycles. The first-order chi connectivity index (χ1) is 12.7. The molecule has 1 amide bonds. The summed E-state index contributed by atoms with van der Waals surface area (Å²) in [6, 6.07) is 7.74. The minimum Gasteiger partial charge on any atom is -0.497 e. The number of hydrogen-bond acceptors (Lipinski definition) is 5. The van der Waals surface area contributed by atoms with Gasteiger partial charge in [0.05, 0.1) is 12.9 Å². The van der Waals surface area contributed by atoms with E-state index in [2.05, 4.69) is 10.2 Å². The third-order valence-electron chi connectivity index (χ3n) is 4.70. The number of amides is 1. The van der Waals surface area contributed by atoms with Gasteiger partial charge in [0.1, 0.15) is 5.75 Å². The van der Waals surface area contributed by atoms with Crippen LogP contribution in [0.5, 0.6) is 5.75 Å². The maximum Gasteiger partial charge on any atom is 0.233 e. The number of methoxy groups -OCH3 is 1. The smallest absolute Gasteiger partial charge is 0.233 e. The molecule has 0 saturated carbocycles. The van der Waals surface area contributed by atoms with E-state index in [0.29, 0.717) is 5.75 Å². The van der Waals surface area contributed by atoms with Crippen molar-refractivity contribution in [1.29, 1.82) is 0 Å². The Morgan fingerprint density at radius 2 is 1.88 bits per heavy atom. The predicted octanol–water partition coefficient (Wildman–Crippen LogP) is 3.38. The Balaban J connectivity index is 1.63. The van der Waals surface area contributed by atoms with Crippen LogP contribution in [0.3, 0.4) is 0 Å². The molecule has 26 heavy (non-hydrogen) atoms. The summed E-state index contributed by atoms with van der Waals surface area (Å²) in [7, 11) is 3.57. The van der Waals surface area contributed by atoms with E-state index in [1.807, 2.05) is 40.8 Å². The molecule has 0 unspecified atom stereocenters. The molecule has 1 aliphatic heterocycles. The van der Waals surface area contributed by atoms with Gasteiger partial charge < -0.3 is 14.2 Å². The molecule has 3 rings (SSSR count). The summed E-state index contributed by atoms with van der Waals surface area (Å²) < 4.78 is 7.21. The first-order valence-corrected chi connectivity index (χ1v) is 10.1. The molecular formula is C19H26N4O2S. The molecule has 2 heterocycles. The third-order valence-corrected chi connectivity index (χ3v) is 5.70. The molecule has 1 fully saturated rings. The molecule has 0 bridgehead atoms. The maximum absolute atomic E-state index is 12.5. The van der Waals surface area contributed by atoms with Gasteiger partial charge in [0, 0.05) is 25.7 Å². The van der Waals surface area contributed by atoms with Crippen LogP contribution < -0.4 is 4.74 Å². The average Bonchev–Trinajstić information content (AvgIpc) is 3.00. The highest BCUT2D eigenvalue weighted by Gasteiger charge is 2.17. The van der Waals surface area contributed by atoms with Gasteiger partial charge in [-0.3, -0.25) is 4.79 Å². The van der Waals surface area contributed by atoms with E-state index in [1.165, 1.54) is 31.0 Å². The van der Waals surface area contributed by atoms with Crippen molar-refractivity contribution in [2.24, 2.45) is 7.05 Å². The Morgan fingerprint density at radius 1 is 1.15 bits per heavy atom. The standard InChI is InChI=1S/C19H26N4O2S/c1-22-18(15-9-8-10-16(13-15)25-2)20-21-19(22)26-14-17(24)23-11-6-4-3-5-7-12-23/h8-10,13H,3-7,11-12,14H2,1-2H3. The Labute approximate surface area is 158 Å². The van der Waals surface area contributed by atoms with Crippen molar-refractivity contribution in [2.45, 2.75) is 37.3 Å². The molecule has 1 aromatic heterocycles. The van der Waals surface area contributed by atoms with Gasteiger partial charge >= 0.3 is 0 Å². The van der Waals surface area contributed by atoms with Crippen molar-refractivity contribution in [3.8, 4) is 17.1 Å². The highest BCUT2D eigenvalue weighted by atomic mass is 32.2. The van der Waals surface area contributed by atoms with E-state index >= 15 is 0 Å². The quantitative estimate of drug-likeness (QED) is 0.751. The molecule has 6 nitrogen and oxygen atoms in total. The van der Waals surface area contributed by atoms with Crippen molar-refractivity contribution in [3.63, 3.8) is 0 Å². The lowest BCUT2D eigenvalue weighted by atomic mass is 10.1. The lowest BCUT2D eigenvalue weighted by Crippen LogP contribution is -2.35. The zero-order chi connectivity index (χ0) is 18.4. The summed E-state index contributed by atoms with van der Waals surface area (Å²) >= 11 is 1.45. The van der Waals surface area contributed by atoms with Gasteiger partial charge in [0.25, 0.3) is 0 Å². The second-order valence-corrected chi connectivity index (χ2v) is 7.48. The summed E-state index contributed by atoms with van der Waals surface area (Å²) in [5.74, 6) is 2.16. The Bertz CT molecular complexity index is 739. The largest absolute Gasteiger partial charge is 0.497 e. The molecule has 7 heteroatoms. The lowest BCUT2D eigenvalue weighted by molar-refractivity contribution is -0.128. The van der Waals surface area contributed by atoms with Gasteiger partial charge in [-0.05, 0) is 25.0 Å². The van der Waals surface area contributed by atoms with E-state index < -0.39 is 0 Å². The van der Waals surface area contributed by atoms with Crippen LogP contribution in [0.1, 0.15) is 32.1 Å². The second kappa shape index (κ2) is 9.07. The van der Waals surface area contributed by atoms with Gasteiger partial charge in [-0.25, -0.2) is 0 Å². The van der Waals surface area contributed by atoms with Gasteiger partial charge in [-0.1, -0.05) is 43.2 Å². The number of thioether (sulfide) groups is 1. The van der Waals surface area contributed by atoms with Crippen molar-refractivity contribution >= 4 is 17.7 Å². The summed E-state index contributed by atoms with van der Waals surface area (Å²) in [6.45, 7) is 1.76. The van der Waals surface area contributed by atoms with Crippen LogP contribution in [-0.2, 0) is 11.8 Å². The first-order valence-electron chi connectivity index (χ1n) is 9.13. The van der Waals surface area contributed by atoms with Gasteiger partial charge in [-0.2, -0.15) is 0 Å². The SMILES string of the molecule is COc1cccc(-c2nnc(SCC(=O)N3CCCCCCC3)n2C)c1. The molecule has 0 radical (unpaired) electrons. The van der Waals surface area contributed by atoms with Crippen LogP contribution in [0, 0.1) is 0 Å². The minimum atomic E-state index is 0.197. The van der Waals surface area contributed by atoms with Gasteiger partial charge in [0.15, 0.2) is 11.0 Å². The minimum absolute atomic E-state index is 0.197. The number of carbonyl (C=O) groups excluding carboxylic acids is 1. The number of benzene rings is 1. The second-order valence-electron chi connectivity index (χ2n) is 6.53. The third kappa shape index (κ3) is 4.58. The number of hydrogen-bond donors (Lipinski definition) is 0. The fraction of sp³-hybridized carbons (Fsp3) is 0.526. The fourth-order valence-electron chi connectivity index (χ4n) is 3.17. The highest BCUT2D eigenvalue weighted by Crippen LogP contribution is 2.25. The van der Waals surface area contributed by atoms with E-state index in [4.69, 9.17) is 4.74 Å². The Morgan fingerprint density at radius 3 is 2.62 bits per heavy atom. The van der Waals surface area contributed by atoms with Crippen LogP contribution in [0.15, 0.2) is 29.4 Å². The molecule has 0 N–H and O–H groups in total. The summed E-state index contributed by atoms with van der Waals surface area (Å²) in [5, 5.41) is 9.31. The zero-order valence-electron chi connectivity index (χ0n) is 15.5. The number of rotatable bonds is 5. The van der Waals surface area contributed by atoms with E-state index in [-0.39, 0.29) is 5.91 Å². The Kier molecular flexibility index (Phi) is 6.55. The molecule has 2 aromatic rings. The zero-order valence-corrected chi connectivity index (χ0v) is 16.3. The lowest BCUT2D eigenvalue weighted by Gasteiger charge is -2.24. The normalized spacial score (nSPS) is 15.4. The Hall–Kier alpha value is -2.02. The maximum atomic E-state index is 12.5. The van der Waals surface area contributed by atoms with Gasteiger partial charge in [0.2, 0.25) is 5.91 Å². The van der Waals surface area contributed by atoms with Crippen molar-refractivity contribution in [1.82, 2.24) is 19.7 Å². The molecule has 0 spiro atoms. The number of likely N-dealkylation sites (tertiary alicyclic amines) is 1. The van der Waals surface area contributed by atoms with Gasteiger partial charge in [-0.15, -0.1) is 10.2 Å². The highest BCUT2D eigenvalue weighted by molar-refractivity contribution is 7.99. The molecule has 140 valence electrons. The number of carbonyl (C=O) groups is 1. The number of nitrogens with zero attached hydrogens (tertiary/aromatic N) is 4. The van der Waals surface area contributed by atoms with Crippen molar-refractivity contribution in [2.75, 3.05) is 26.0 Å². The average molecular weight is 375 g/mol. The fourth-order valence-corrected chi connectivity index (χ4v) is 3.98. The van der Waals surface area contributed by atoms with Crippen molar-refractivity contribution in [3.05, 3.63) is 24.3 Å². The molecular weight excluding hydrogens is 348 g/mol. The van der Waals surface area contributed by atoms with E-state index in [1.54, 1.807) is 7.11 Å². The summed E-state index contributed by atoms with van der Waals surface area (Å²) in [4.78, 5) is 14.5. The first kappa shape index (κ1) is 18.8. The molecule has 1 saturated heterocycles. The topological polar surface area (TPSA) is 60.3 Å². The monoisotopic (exact) mass is 374 g/mol. The van der Waals surface area contributed by atoms with Crippen molar-refractivity contribution < 1.29 is 9.53 Å². The van der Waals surface area contributed by atoms with Crippen LogP contribution in [-0.4, -0.2) is 51.5 Å². The molecule has 1 aromatic carbocycles. The van der Waals surface area contributed by atoms with Crippen LogP contribution in [0.25, 0.3) is 11.4 Å². The molecule has 1 aliphatic rings. The van der Waals surface area contributed by atoms with Crippen LogP contribution >= 0.6 is 11.8 Å². The predicted molar refractivity (Wildman–Crippen MR) is 103 cm³/mol. The van der Waals surface area contributed by atoms with E-state index in [0.717, 1.165) is 48.2 Å². The summed E-state index contributed by atoms with van der Waals surface area (Å²) in [6.07, 6.45) is 5.97. The number of ether oxygens (including phenoxy) is 1. The number of aromatic nitrogens is 3. The van der Waals surface area contributed by atoms with E-state index in [9.17, 15) is 4.79 Å².